The van der Waals surface area contributed by atoms with E-state index >= 15 is 0 Å². The molecule has 0 aromatic carbocycles. The zero-order valence-corrected chi connectivity index (χ0v) is 6.33. The van der Waals surface area contributed by atoms with E-state index in [1.54, 1.807) is 0 Å². The summed E-state index contributed by atoms with van der Waals surface area (Å²) >= 11 is 0. The van der Waals surface area contributed by atoms with Crippen LogP contribution in [0.25, 0.3) is 0 Å². The second-order valence-electron chi connectivity index (χ2n) is 2.71. The molecule has 0 heterocycles. The molecule has 1 N–H and O–H groups in total. The SMILES string of the molecule is CC(C)C(O)=C1C=CC=C1. The Hall–Kier alpha value is -0.980. The van der Waals surface area contributed by atoms with Gasteiger partial charge in [-0.3, -0.25) is 0 Å². The van der Waals surface area contributed by atoms with Gasteiger partial charge < -0.3 is 5.11 Å². The van der Waals surface area contributed by atoms with E-state index in [2.05, 4.69) is 0 Å². The number of hydrogen-bond acceptors (Lipinski definition) is 1. The van der Waals surface area contributed by atoms with Gasteiger partial charge in [0.05, 0.1) is 0 Å². The van der Waals surface area contributed by atoms with Crippen molar-refractivity contribution in [2.45, 2.75) is 13.8 Å². The van der Waals surface area contributed by atoms with E-state index in [4.69, 9.17) is 0 Å². The normalized spacial score (nSPS) is 15.3. The van der Waals surface area contributed by atoms with Gasteiger partial charge in [0, 0.05) is 11.5 Å². The molecule has 1 nitrogen and oxygen atoms in total. The monoisotopic (exact) mass is 136 g/mol. The molecule has 0 saturated carbocycles. The van der Waals surface area contributed by atoms with E-state index in [0.29, 0.717) is 5.76 Å². The fraction of sp³-hybridized carbons (Fsp3) is 0.333. The molecule has 0 aliphatic heterocycles. The molecule has 0 amide bonds. The van der Waals surface area contributed by atoms with Crippen molar-refractivity contribution in [2.24, 2.45) is 5.92 Å². The summed E-state index contributed by atoms with van der Waals surface area (Å²) in [5, 5.41) is 9.40. The lowest BCUT2D eigenvalue weighted by molar-refractivity contribution is 0.348. The molecule has 0 saturated heterocycles. The van der Waals surface area contributed by atoms with Crippen LogP contribution in [0.1, 0.15) is 13.8 Å². The molecule has 1 heteroatoms. The van der Waals surface area contributed by atoms with Crippen molar-refractivity contribution in [3.05, 3.63) is 35.6 Å². The highest BCUT2D eigenvalue weighted by Crippen LogP contribution is 2.17. The minimum absolute atomic E-state index is 0.224. The minimum Gasteiger partial charge on any atom is -0.511 e. The number of aliphatic hydroxyl groups excluding tert-OH is 1. The molecule has 54 valence electrons. The number of rotatable bonds is 1. The van der Waals surface area contributed by atoms with Crippen LogP contribution in [0, 0.1) is 5.92 Å². The third kappa shape index (κ3) is 1.29. The number of hydrogen-bond donors (Lipinski definition) is 1. The third-order valence-corrected chi connectivity index (χ3v) is 1.51. The minimum atomic E-state index is 0.224. The van der Waals surface area contributed by atoms with Gasteiger partial charge in [0.25, 0.3) is 0 Å². The molecule has 0 radical (unpaired) electrons. The maximum atomic E-state index is 9.40. The van der Waals surface area contributed by atoms with Crippen LogP contribution >= 0.6 is 0 Å². The van der Waals surface area contributed by atoms with Crippen LogP contribution in [-0.2, 0) is 0 Å². The largest absolute Gasteiger partial charge is 0.511 e. The fourth-order valence-electron chi connectivity index (χ4n) is 0.878. The second kappa shape index (κ2) is 2.74. The van der Waals surface area contributed by atoms with Crippen molar-refractivity contribution in [3.8, 4) is 0 Å². The predicted octanol–water partition coefficient (Wildman–Crippen LogP) is 2.58. The molecule has 1 rings (SSSR count). The van der Waals surface area contributed by atoms with E-state index in [1.807, 2.05) is 38.2 Å². The smallest absolute Gasteiger partial charge is 0.102 e. The maximum Gasteiger partial charge on any atom is 0.102 e. The first-order valence-corrected chi connectivity index (χ1v) is 3.49. The van der Waals surface area contributed by atoms with Crippen LogP contribution in [0.4, 0.5) is 0 Å². The lowest BCUT2D eigenvalue weighted by atomic mass is 10.1. The molecule has 1 aliphatic carbocycles. The van der Waals surface area contributed by atoms with Gasteiger partial charge in [0.15, 0.2) is 0 Å². The molecule has 0 unspecified atom stereocenters. The average molecular weight is 136 g/mol. The third-order valence-electron chi connectivity index (χ3n) is 1.51. The van der Waals surface area contributed by atoms with Crippen molar-refractivity contribution < 1.29 is 5.11 Å². The molecular weight excluding hydrogens is 124 g/mol. The summed E-state index contributed by atoms with van der Waals surface area (Å²) < 4.78 is 0. The van der Waals surface area contributed by atoms with E-state index in [-0.39, 0.29) is 5.92 Å². The van der Waals surface area contributed by atoms with Gasteiger partial charge >= 0.3 is 0 Å². The molecular formula is C9H12O. The lowest BCUT2D eigenvalue weighted by Crippen LogP contribution is -1.94. The maximum absolute atomic E-state index is 9.40. The molecule has 0 aromatic rings. The van der Waals surface area contributed by atoms with E-state index < -0.39 is 0 Å². The van der Waals surface area contributed by atoms with Crippen LogP contribution in [0.5, 0.6) is 0 Å². The second-order valence-corrected chi connectivity index (χ2v) is 2.71. The highest BCUT2D eigenvalue weighted by Gasteiger charge is 2.05. The van der Waals surface area contributed by atoms with Crippen molar-refractivity contribution in [1.82, 2.24) is 0 Å². The van der Waals surface area contributed by atoms with Crippen molar-refractivity contribution >= 4 is 0 Å². The van der Waals surface area contributed by atoms with Gasteiger partial charge in [0.1, 0.15) is 5.76 Å². The van der Waals surface area contributed by atoms with Gasteiger partial charge in [-0.1, -0.05) is 38.2 Å². The zero-order valence-electron chi connectivity index (χ0n) is 6.33. The molecule has 0 bridgehead atoms. The zero-order chi connectivity index (χ0) is 7.56. The van der Waals surface area contributed by atoms with Crippen LogP contribution in [0.15, 0.2) is 35.6 Å². The molecule has 0 aromatic heterocycles. The molecule has 0 spiro atoms. The Morgan fingerprint density at radius 3 is 2.20 bits per heavy atom. The van der Waals surface area contributed by atoms with Crippen molar-refractivity contribution in [3.63, 3.8) is 0 Å². The Kier molecular flexibility index (Phi) is 1.95. The summed E-state index contributed by atoms with van der Waals surface area (Å²) in [7, 11) is 0. The van der Waals surface area contributed by atoms with Crippen LogP contribution in [0.2, 0.25) is 0 Å². The quantitative estimate of drug-likeness (QED) is 0.549. The lowest BCUT2D eigenvalue weighted by Gasteiger charge is -2.04. The van der Waals surface area contributed by atoms with Crippen molar-refractivity contribution in [2.75, 3.05) is 0 Å². The molecule has 10 heavy (non-hydrogen) atoms. The molecule has 1 aliphatic rings. The summed E-state index contributed by atoms with van der Waals surface area (Å²) in [6.07, 6.45) is 7.67. The van der Waals surface area contributed by atoms with Crippen LogP contribution in [-0.4, -0.2) is 5.11 Å². The first-order chi connectivity index (χ1) is 4.72. The van der Waals surface area contributed by atoms with Gasteiger partial charge in [-0.2, -0.15) is 0 Å². The van der Waals surface area contributed by atoms with Gasteiger partial charge in [-0.05, 0) is 0 Å². The average Bonchev–Trinajstić information content (AvgIpc) is 2.36. The van der Waals surface area contributed by atoms with Gasteiger partial charge in [-0.25, -0.2) is 0 Å². The summed E-state index contributed by atoms with van der Waals surface area (Å²) in [5.74, 6) is 0.701. The Bertz CT molecular complexity index is 193. The predicted molar refractivity (Wildman–Crippen MR) is 42.8 cm³/mol. The summed E-state index contributed by atoms with van der Waals surface area (Å²) in [4.78, 5) is 0. The van der Waals surface area contributed by atoms with Gasteiger partial charge in [0.2, 0.25) is 0 Å². The fourth-order valence-corrected chi connectivity index (χ4v) is 0.878. The summed E-state index contributed by atoms with van der Waals surface area (Å²) in [6.45, 7) is 3.95. The van der Waals surface area contributed by atoms with E-state index in [9.17, 15) is 5.11 Å². The Morgan fingerprint density at radius 2 is 1.80 bits per heavy atom. The Morgan fingerprint density at radius 1 is 1.30 bits per heavy atom. The van der Waals surface area contributed by atoms with Gasteiger partial charge in [-0.15, -0.1) is 0 Å². The van der Waals surface area contributed by atoms with E-state index in [1.165, 1.54) is 0 Å². The standard InChI is InChI=1S/C9H12O/c1-7(2)9(10)8-5-3-4-6-8/h3-7,10H,1-2H3. The number of allylic oxidation sites excluding steroid dienone is 6. The summed E-state index contributed by atoms with van der Waals surface area (Å²) in [6, 6.07) is 0. The van der Waals surface area contributed by atoms with Crippen LogP contribution in [0.3, 0.4) is 0 Å². The molecule has 0 fully saturated rings. The Balaban J connectivity index is 2.85. The highest BCUT2D eigenvalue weighted by molar-refractivity contribution is 5.41. The number of aliphatic hydroxyl groups is 1. The first-order valence-electron chi connectivity index (χ1n) is 3.49. The Labute approximate surface area is 61.4 Å². The topological polar surface area (TPSA) is 20.2 Å². The molecule has 0 atom stereocenters. The van der Waals surface area contributed by atoms with Crippen LogP contribution < -0.4 is 0 Å². The van der Waals surface area contributed by atoms with E-state index in [0.717, 1.165) is 5.57 Å². The first kappa shape index (κ1) is 7.13. The highest BCUT2D eigenvalue weighted by atomic mass is 16.3. The summed E-state index contributed by atoms with van der Waals surface area (Å²) in [5.41, 5.74) is 0.940. The van der Waals surface area contributed by atoms with Crippen molar-refractivity contribution in [1.29, 1.82) is 0 Å².